The molecule has 3 aliphatic heterocycles. The lowest BCUT2D eigenvalue weighted by atomic mass is 10.0. The molecule has 5 N–H and O–H groups in total. The lowest BCUT2D eigenvalue weighted by Gasteiger charge is -2.36. The zero-order valence-corrected chi connectivity index (χ0v) is 36.9. The van der Waals surface area contributed by atoms with Gasteiger partial charge in [-0.2, -0.15) is 4.98 Å². The highest BCUT2D eigenvalue weighted by Crippen LogP contribution is 2.33. The summed E-state index contributed by atoms with van der Waals surface area (Å²) in [5.41, 5.74) is 4.51. The lowest BCUT2D eigenvalue weighted by Crippen LogP contribution is -2.52. The van der Waals surface area contributed by atoms with Gasteiger partial charge < -0.3 is 50.0 Å². The highest BCUT2D eigenvalue weighted by atomic mass is 35.5. The number of amides is 5. The van der Waals surface area contributed by atoms with Crippen LogP contribution in [0, 0.1) is 0 Å². The summed E-state index contributed by atoms with van der Waals surface area (Å²) in [5, 5.41) is 14.4. The van der Waals surface area contributed by atoms with Crippen LogP contribution >= 0.6 is 11.6 Å². The number of imide groups is 1. The predicted molar refractivity (Wildman–Crippen MR) is 243 cm³/mol. The molecule has 1 aromatic heterocycles. The summed E-state index contributed by atoms with van der Waals surface area (Å²) in [6.45, 7) is 7.27. The summed E-state index contributed by atoms with van der Waals surface area (Å²) in [5.74, 6) is -1.02. The van der Waals surface area contributed by atoms with Crippen LogP contribution in [0.1, 0.15) is 39.1 Å². The number of nitrogens with one attached hydrogen (secondary N) is 5. The van der Waals surface area contributed by atoms with E-state index in [-0.39, 0.29) is 62.8 Å². The average molecular weight is 913 g/mol. The molecule has 1 unspecified atom stereocenters. The van der Waals surface area contributed by atoms with Crippen molar-refractivity contribution in [2.24, 2.45) is 0 Å². The van der Waals surface area contributed by atoms with Gasteiger partial charge in [-0.3, -0.25) is 34.2 Å². The number of hydrogen-bond donors (Lipinski definition) is 5. The normalized spacial score (nSPS) is 16.3. The molecule has 4 heterocycles. The fourth-order valence-electron chi connectivity index (χ4n) is 7.59. The standard InChI is InChI=1S/C45H53ClN10O9/c1-47-42(59)33-5-2-3-7-36(33)51-41-35(46)27-48-45(53-41)49-30-9-11-31(12-10-30)55-17-15-54(16-18-55)19-20-62-21-22-63-23-24-64-25-26-65-29-40(58)50-37-8-4-6-32-34(37)28-56(44(32)61)38-13-14-39(57)52-43(38)60/h2-12,27,38H,13-26,28-29H2,1H3,(H,47,59)(H,50,58)(H,52,57,60)(H2,48,49,51,53). The van der Waals surface area contributed by atoms with Gasteiger partial charge in [-0.05, 0) is 55.0 Å². The van der Waals surface area contributed by atoms with Gasteiger partial charge in [-0.1, -0.05) is 29.8 Å². The third-order valence-electron chi connectivity index (χ3n) is 11.0. The van der Waals surface area contributed by atoms with Crippen LogP contribution < -0.4 is 31.5 Å². The number of carbonyl (C=O) groups excluding carboxylic acids is 5. The quantitative estimate of drug-likeness (QED) is 0.0563. The first-order chi connectivity index (χ1) is 31.7. The Bertz CT molecular complexity index is 2310. The third-order valence-corrected chi connectivity index (χ3v) is 11.3. The van der Waals surface area contributed by atoms with Crippen molar-refractivity contribution in [3.8, 4) is 0 Å². The van der Waals surface area contributed by atoms with Gasteiger partial charge in [0.15, 0.2) is 5.82 Å². The first-order valence-electron chi connectivity index (χ1n) is 21.5. The number of piperazine rings is 1. The molecule has 0 radical (unpaired) electrons. The Morgan fingerprint density at radius 2 is 1.51 bits per heavy atom. The number of anilines is 6. The molecule has 65 heavy (non-hydrogen) atoms. The molecule has 20 heteroatoms. The van der Waals surface area contributed by atoms with Gasteiger partial charge in [-0.25, -0.2) is 4.98 Å². The van der Waals surface area contributed by atoms with Crippen LogP contribution in [-0.2, 0) is 39.9 Å². The number of hydrogen-bond acceptors (Lipinski definition) is 15. The Labute approximate surface area is 381 Å². The van der Waals surface area contributed by atoms with Crippen LogP contribution in [0.4, 0.5) is 34.5 Å². The number of para-hydroxylation sites is 1. The first kappa shape index (κ1) is 46.8. The molecule has 0 spiro atoms. The highest BCUT2D eigenvalue weighted by Gasteiger charge is 2.40. The largest absolute Gasteiger partial charge is 0.378 e. The summed E-state index contributed by atoms with van der Waals surface area (Å²) < 4.78 is 22.4. The Kier molecular flexibility index (Phi) is 16.6. The molecule has 2 saturated heterocycles. The molecular formula is C45H53ClN10O9. The average Bonchev–Trinajstić information content (AvgIpc) is 3.65. The minimum atomic E-state index is -0.735. The van der Waals surface area contributed by atoms with Crippen molar-refractivity contribution in [3.05, 3.63) is 94.6 Å². The monoisotopic (exact) mass is 912 g/mol. The lowest BCUT2D eigenvalue weighted by molar-refractivity contribution is -0.137. The second kappa shape index (κ2) is 23.1. The number of carbonyl (C=O) groups is 5. The van der Waals surface area contributed by atoms with Crippen LogP contribution in [0.5, 0.6) is 0 Å². The predicted octanol–water partition coefficient (Wildman–Crippen LogP) is 3.56. The summed E-state index contributed by atoms with van der Waals surface area (Å²) in [6.07, 6.45) is 1.94. The van der Waals surface area contributed by atoms with E-state index in [4.69, 9.17) is 30.5 Å². The van der Waals surface area contributed by atoms with Gasteiger partial charge in [0.05, 0.1) is 63.7 Å². The molecule has 0 aliphatic carbocycles. The van der Waals surface area contributed by atoms with Gasteiger partial charge in [0.1, 0.15) is 17.7 Å². The molecule has 3 aromatic carbocycles. The first-order valence-corrected chi connectivity index (χ1v) is 21.9. The molecule has 19 nitrogen and oxygen atoms in total. The minimum Gasteiger partial charge on any atom is -0.378 e. The van der Waals surface area contributed by atoms with Crippen LogP contribution in [0.15, 0.2) is 72.9 Å². The van der Waals surface area contributed by atoms with E-state index in [1.54, 1.807) is 43.4 Å². The topological polar surface area (TPSA) is 218 Å². The maximum atomic E-state index is 13.0. The van der Waals surface area contributed by atoms with Crippen LogP contribution in [0.2, 0.25) is 5.02 Å². The minimum absolute atomic E-state index is 0.156. The number of benzene rings is 3. The smallest absolute Gasteiger partial charge is 0.255 e. The van der Waals surface area contributed by atoms with Crippen molar-refractivity contribution in [2.75, 3.05) is 113 Å². The van der Waals surface area contributed by atoms with Crippen molar-refractivity contribution in [1.29, 1.82) is 0 Å². The molecule has 5 amide bonds. The number of fused-ring (bicyclic) bond motifs is 1. The van der Waals surface area contributed by atoms with Crippen molar-refractivity contribution >= 4 is 75.7 Å². The second-order valence-corrected chi connectivity index (χ2v) is 15.7. The fraction of sp³-hybridized carbons (Fsp3) is 0.400. The van der Waals surface area contributed by atoms with E-state index >= 15 is 0 Å². The van der Waals surface area contributed by atoms with Crippen molar-refractivity contribution < 1.29 is 42.9 Å². The Hall–Kier alpha value is -6.22. The van der Waals surface area contributed by atoms with E-state index < -0.39 is 11.9 Å². The number of halogens is 1. The van der Waals surface area contributed by atoms with Gasteiger partial charge in [-0.15, -0.1) is 0 Å². The zero-order valence-electron chi connectivity index (χ0n) is 36.1. The van der Waals surface area contributed by atoms with E-state index in [1.807, 2.05) is 18.2 Å². The van der Waals surface area contributed by atoms with E-state index in [1.165, 1.54) is 11.1 Å². The van der Waals surface area contributed by atoms with Gasteiger partial charge >= 0.3 is 0 Å². The Morgan fingerprint density at radius 1 is 0.815 bits per heavy atom. The summed E-state index contributed by atoms with van der Waals surface area (Å²) in [7, 11) is 1.58. The summed E-state index contributed by atoms with van der Waals surface area (Å²) >= 11 is 6.39. The maximum Gasteiger partial charge on any atom is 0.255 e. The molecule has 1 atom stereocenters. The van der Waals surface area contributed by atoms with Crippen LogP contribution in [0.25, 0.3) is 0 Å². The molecular weight excluding hydrogens is 860 g/mol. The SMILES string of the molecule is CNC(=O)c1ccccc1Nc1nc(Nc2ccc(N3CCN(CCOCCOCCOCCOCC(=O)Nc4cccc5c4CN(C4CCC(=O)NC4=O)C5=O)CC3)cc2)ncc1Cl. The number of ether oxygens (including phenoxy) is 4. The number of piperidine rings is 1. The molecule has 0 bridgehead atoms. The highest BCUT2D eigenvalue weighted by molar-refractivity contribution is 6.33. The molecule has 4 aromatic rings. The number of rotatable bonds is 22. The van der Waals surface area contributed by atoms with Gasteiger partial charge in [0, 0.05) is 80.9 Å². The van der Waals surface area contributed by atoms with Gasteiger partial charge in [0.25, 0.3) is 11.8 Å². The van der Waals surface area contributed by atoms with Crippen molar-refractivity contribution in [3.63, 3.8) is 0 Å². The molecule has 0 saturated carbocycles. The van der Waals surface area contributed by atoms with Crippen molar-refractivity contribution in [2.45, 2.75) is 25.4 Å². The van der Waals surface area contributed by atoms with E-state index in [2.05, 4.69) is 58.5 Å². The van der Waals surface area contributed by atoms with Gasteiger partial charge in [0.2, 0.25) is 23.7 Å². The third kappa shape index (κ3) is 12.7. The number of nitrogens with zero attached hydrogens (tertiary/aromatic N) is 5. The van der Waals surface area contributed by atoms with E-state index in [0.29, 0.717) is 77.9 Å². The molecule has 7 rings (SSSR count). The molecule has 3 aliphatic rings. The van der Waals surface area contributed by atoms with Crippen LogP contribution in [0.3, 0.4) is 0 Å². The zero-order chi connectivity index (χ0) is 45.5. The van der Waals surface area contributed by atoms with E-state index in [0.717, 1.165) is 44.1 Å². The Balaban J connectivity index is 0.697. The molecule has 344 valence electrons. The Morgan fingerprint density at radius 3 is 2.23 bits per heavy atom. The van der Waals surface area contributed by atoms with Crippen molar-refractivity contribution in [1.82, 2.24) is 30.4 Å². The fourth-order valence-corrected chi connectivity index (χ4v) is 7.73. The summed E-state index contributed by atoms with van der Waals surface area (Å²) in [6, 6.07) is 19.5. The summed E-state index contributed by atoms with van der Waals surface area (Å²) in [4.78, 5) is 76.9. The second-order valence-electron chi connectivity index (χ2n) is 15.3. The maximum absolute atomic E-state index is 13.0. The molecule has 2 fully saturated rings. The van der Waals surface area contributed by atoms with E-state index in [9.17, 15) is 24.0 Å². The van der Waals surface area contributed by atoms with Crippen LogP contribution in [-0.4, -0.2) is 148 Å². The number of aromatic nitrogens is 2.